The number of nitrogens with two attached hydrogens (primary N) is 1. The summed E-state index contributed by atoms with van der Waals surface area (Å²) >= 11 is 0. The van der Waals surface area contributed by atoms with Crippen molar-refractivity contribution in [3.8, 4) is 0 Å². The van der Waals surface area contributed by atoms with Gasteiger partial charge in [-0.15, -0.1) is 0 Å². The first-order valence-corrected chi connectivity index (χ1v) is 3.66. The van der Waals surface area contributed by atoms with E-state index in [1.54, 1.807) is 0 Å². The highest BCUT2D eigenvalue weighted by Crippen LogP contribution is 2.17. The molecule has 0 radical (unpaired) electrons. The van der Waals surface area contributed by atoms with Gasteiger partial charge in [-0.2, -0.15) is 0 Å². The van der Waals surface area contributed by atoms with Crippen LogP contribution in [0.1, 0.15) is 19.8 Å². The topological polar surface area (TPSA) is 38.0 Å². The Morgan fingerprint density at radius 1 is 1.70 bits per heavy atom. The van der Waals surface area contributed by atoms with E-state index in [0.29, 0.717) is 0 Å². The minimum atomic E-state index is 0.939. The number of rotatable bonds is 1. The lowest BCUT2D eigenvalue weighted by Crippen LogP contribution is -2.25. The Bertz CT molecular complexity index is 180. The molecule has 1 aliphatic heterocycles. The van der Waals surface area contributed by atoms with Crippen molar-refractivity contribution in [2.24, 2.45) is 5.73 Å². The van der Waals surface area contributed by atoms with Crippen molar-refractivity contribution in [1.82, 2.24) is 5.32 Å². The summed E-state index contributed by atoms with van der Waals surface area (Å²) in [5, 5.41) is 3.18. The second kappa shape index (κ2) is 2.78. The second-order valence-corrected chi connectivity index (χ2v) is 2.51. The van der Waals surface area contributed by atoms with E-state index < -0.39 is 0 Å². The zero-order valence-corrected chi connectivity index (χ0v) is 6.41. The van der Waals surface area contributed by atoms with Crippen molar-refractivity contribution >= 4 is 0 Å². The van der Waals surface area contributed by atoms with Crippen molar-refractivity contribution in [2.75, 3.05) is 6.54 Å². The molecule has 0 atom stereocenters. The van der Waals surface area contributed by atoms with Crippen LogP contribution in [0, 0.1) is 0 Å². The summed E-state index contributed by atoms with van der Waals surface area (Å²) in [7, 11) is 0. The summed E-state index contributed by atoms with van der Waals surface area (Å²) in [6.07, 6.45) is 1.94. The van der Waals surface area contributed by atoms with Crippen LogP contribution in [0.15, 0.2) is 23.5 Å². The Kier molecular flexibility index (Phi) is 2.00. The Hall–Kier alpha value is -0.920. The van der Waals surface area contributed by atoms with Crippen molar-refractivity contribution in [3.63, 3.8) is 0 Å². The molecule has 2 heteroatoms. The van der Waals surface area contributed by atoms with Crippen LogP contribution >= 0.6 is 0 Å². The van der Waals surface area contributed by atoms with E-state index in [-0.39, 0.29) is 0 Å². The van der Waals surface area contributed by atoms with Gasteiger partial charge in [-0.3, -0.25) is 0 Å². The Labute approximate surface area is 61.8 Å². The average molecular weight is 138 g/mol. The molecule has 0 aromatic heterocycles. The van der Waals surface area contributed by atoms with E-state index in [1.165, 1.54) is 5.57 Å². The van der Waals surface area contributed by atoms with Gasteiger partial charge in [0.1, 0.15) is 0 Å². The minimum Gasteiger partial charge on any atom is -0.402 e. The molecule has 0 aromatic carbocycles. The number of hydrogen-bond acceptors (Lipinski definition) is 2. The van der Waals surface area contributed by atoms with E-state index in [9.17, 15) is 0 Å². The fourth-order valence-corrected chi connectivity index (χ4v) is 1.24. The summed E-state index contributed by atoms with van der Waals surface area (Å²) in [6, 6.07) is 0. The zero-order chi connectivity index (χ0) is 7.56. The fourth-order valence-electron chi connectivity index (χ4n) is 1.24. The number of nitrogens with one attached hydrogen (secondary N) is 1. The molecule has 0 unspecified atom stereocenters. The quantitative estimate of drug-likeness (QED) is 0.569. The molecular formula is C8H14N2. The lowest BCUT2D eigenvalue weighted by Gasteiger charge is -2.20. The van der Waals surface area contributed by atoms with Gasteiger partial charge in [0.25, 0.3) is 0 Å². The third kappa shape index (κ3) is 1.15. The van der Waals surface area contributed by atoms with Gasteiger partial charge >= 0.3 is 0 Å². The van der Waals surface area contributed by atoms with E-state index in [2.05, 4.69) is 18.8 Å². The second-order valence-electron chi connectivity index (χ2n) is 2.51. The predicted molar refractivity (Wildman–Crippen MR) is 43.3 cm³/mol. The summed E-state index contributed by atoms with van der Waals surface area (Å²) < 4.78 is 0. The lowest BCUT2D eigenvalue weighted by atomic mass is 10.0. The van der Waals surface area contributed by atoms with Gasteiger partial charge in [-0.05, 0) is 12.0 Å². The van der Waals surface area contributed by atoms with Crippen LogP contribution in [0.3, 0.4) is 0 Å². The van der Waals surface area contributed by atoms with Crippen LogP contribution in [0.2, 0.25) is 0 Å². The van der Waals surface area contributed by atoms with Crippen LogP contribution in [0.5, 0.6) is 0 Å². The molecule has 0 saturated heterocycles. The number of hydrogen-bond donors (Lipinski definition) is 2. The normalized spacial score (nSPS) is 19.1. The molecule has 0 spiro atoms. The molecule has 3 N–H and O–H groups in total. The van der Waals surface area contributed by atoms with Crippen molar-refractivity contribution in [2.45, 2.75) is 19.8 Å². The van der Waals surface area contributed by atoms with Crippen molar-refractivity contribution in [1.29, 1.82) is 0 Å². The molecule has 2 nitrogen and oxygen atoms in total. The monoisotopic (exact) mass is 138 g/mol. The van der Waals surface area contributed by atoms with Gasteiger partial charge in [0, 0.05) is 24.4 Å². The van der Waals surface area contributed by atoms with Crippen LogP contribution < -0.4 is 11.1 Å². The minimum absolute atomic E-state index is 0.939. The molecule has 0 fully saturated rings. The summed E-state index contributed by atoms with van der Waals surface area (Å²) in [5.74, 6) is 0. The first-order valence-electron chi connectivity index (χ1n) is 3.66. The maximum atomic E-state index is 5.76. The molecule has 0 saturated carbocycles. The molecule has 0 aliphatic carbocycles. The first kappa shape index (κ1) is 7.19. The van der Waals surface area contributed by atoms with Crippen molar-refractivity contribution < 1.29 is 0 Å². The van der Waals surface area contributed by atoms with Gasteiger partial charge in [0.15, 0.2) is 0 Å². The predicted octanol–water partition coefficient (Wildman–Crippen LogP) is 1.12. The molecule has 10 heavy (non-hydrogen) atoms. The van der Waals surface area contributed by atoms with Crippen LogP contribution in [-0.4, -0.2) is 6.54 Å². The highest BCUT2D eigenvalue weighted by atomic mass is 14.9. The van der Waals surface area contributed by atoms with Gasteiger partial charge in [-0.1, -0.05) is 13.5 Å². The Morgan fingerprint density at radius 2 is 2.40 bits per heavy atom. The Morgan fingerprint density at radius 3 is 2.80 bits per heavy atom. The molecule has 1 heterocycles. The Balaban J connectivity index is 2.84. The highest BCUT2D eigenvalue weighted by molar-refractivity contribution is 5.33. The van der Waals surface area contributed by atoms with Gasteiger partial charge < -0.3 is 11.1 Å². The van der Waals surface area contributed by atoms with E-state index >= 15 is 0 Å². The van der Waals surface area contributed by atoms with E-state index in [4.69, 9.17) is 5.73 Å². The molecular weight excluding hydrogens is 124 g/mol. The summed E-state index contributed by atoms with van der Waals surface area (Å²) in [5.41, 5.74) is 8.97. The lowest BCUT2D eigenvalue weighted by molar-refractivity contribution is 0.724. The summed E-state index contributed by atoms with van der Waals surface area (Å²) in [4.78, 5) is 0. The molecule has 1 rings (SSSR count). The SMILES string of the molecule is C=C1NCCC(N)=C1CC. The van der Waals surface area contributed by atoms with Crippen LogP contribution in [0.4, 0.5) is 0 Å². The van der Waals surface area contributed by atoms with Crippen molar-refractivity contribution in [3.05, 3.63) is 23.5 Å². The molecule has 0 bridgehead atoms. The maximum absolute atomic E-state index is 5.76. The smallest absolute Gasteiger partial charge is 0.0316 e. The molecule has 0 aromatic rings. The number of allylic oxidation sites excluding steroid dienone is 1. The average Bonchev–Trinajstić information content (AvgIpc) is 1.88. The third-order valence-corrected chi connectivity index (χ3v) is 1.84. The van der Waals surface area contributed by atoms with Crippen LogP contribution in [-0.2, 0) is 0 Å². The standard InChI is InChI=1S/C8H14N2/c1-3-7-6(2)10-5-4-8(7)9/h10H,2-5,9H2,1H3. The zero-order valence-electron chi connectivity index (χ0n) is 6.41. The van der Waals surface area contributed by atoms with Gasteiger partial charge in [0.2, 0.25) is 0 Å². The van der Waals surface area contributed by atoms with E-state index in [0.717, 1.165) is 30.8 Å². The van der Waals surface area contributed by atoms with Gasteiger partial charge in [0.05, 0.1) is 0 Å². The largest absolute Gasteiger partial charge is 0.402 e. The van der Waals surface area contributed by atoms with Gasteiger partial charge in [-0.25, -0.2) is 0 Å². The highest BCUT2D eigenvalue weighted by Gasteiger charge is 2.09. The fraction of sp³-hybridized carbons (Fsp3) is 0.500. The molecule has 1 aliphatic rings. The molecule has 56 valence electrons. The van der Waals surface area contributed by atoms with E-state index in [1.807, 2.05) is 0 Å². The maximum Gasteiger partial charge on any atom is 0.0316 e. The summed E-state index contributed by atoms with van der Waals surface area (Å²) in [6.45, 7) is 6.90. The third-order valence-electron chi connectivity index (χ3n) is 1.84. The first-order chi connectivity index (χ1) is 4.75. The molecule has 0 amide bonds. The van der Waals surface area contributed by atoms with Crippen LogP contribution in [0.25, 0.3) is 0 Å².